The number of carboxylic acids is 1. The lowest BCUT2D eigenvalue weighted by molar-refractivity contribution is -0.275. The van der Waals surface area contributed by atoms with Gasteiger partial charge in [0.2, 0.25) is 35.4 Å². The van der Waals surface area contributed by atoms with Crippen molar-refractivity contribution in [1.29, 1.82) is 0 Å². The molecule has 9 heterocycles. The number of benzene rings is 3. The number of aromatic nitrogens is 6. The Kier molecular flexibility index (Phi) is 33.5. The molecular formula is C104H128F15N9O21. The van der Waals surface area contributed by atoms with E-state index in [9.17, 15) is 87.8 Å². The van der Waals surface area contributed by atoms with Crippen LogP contribution in [0.4, 0.5) is 65.9 Å². The maximum absolute atomic E-state index is 16.1. The van der Waals surface area contributed by atoms with Crippen LogP contribution >= 0.6 is 0 Å². The third kappa shape index (κ3) is 28.8. The number of esters is 5. The van der Waals surface area contributed by atoms with Gasteiger partial charge in [0.25, 0.3) is 11.8 Å². The Balaban J connectivity index is 0.000000187. The molecular weight excluding hydrogens is 2000 g/mol. The molecule has 6 aromatic rings. The second kappa shape index (κ2) is 43.6. The first-order valence-corrected chi connectivity index (χ1v) is 50.2. The van der Waals surface area contributed by atoms with Crippen molar-refractivity contribution in [2.24, 2.45) is 69.5 Å². The lowest BCUT2D eigenvalue weighted by atomic mass is 9.77. The molecule has 15 rings (SSSR count). The SMILES string of the molecule is CC[C@@H]1[C@@H]2CN(C(=O)[C@H](C(C)(C)C)CC(=O)O[C@@H]3C[C@H]3CC/C=C/C(F)(F)c3nc4ccc(OC(F)(F)F)cc4nc3O2)[C@@H]1C(=O)OC(C)(C)C.CC[C@@H]1[C@@H]2CN(C(=O)[C@H](C(C)(C)C)CC(=O)O[C@@H]3C[C@H]3CCCCC(F)(F)c3nc4ccc(OC(F)(F)F)cc4nc3O2)[C@@H]1C(=O)O.CC[C@@H]1[C@@H]2CN(C(=O)[C@H](C(C)(C)C)CC(=O)O[C@@H]3C[C@H]3CCCCC(F)(F)c3nc4ccc(OC(F)(F)F)cc4nc3O2)[C@@H]1C(=O)OC(C)(C)C. The molecule has 9 aliphatic rings. The molecule has 3 aliphatic carbocycles. The van der Waals surface area contributed by atoms with Crippen LogP contribution in [0.15, 0.2) is 66.7 Å². The molecule has 3 aromatic carbocycles. The molecule has 3 saturated heterocycles. The summed E-state index contributed by atoms with van der Waals surface area (Å²) in [5, 5.41) is 10.3. The number of amides is 3. The van der Waals surface area contributed by atoms with Crippen molar-refractivity contribution >= 4 is 86.6 Å². The minimum Gasteiger partial charge on any atom is -0.480 e. The van der Waals surface area contributed by atoms with Crippen molar-refractivity contribution in [3.8, 4) is 34.9 Å². The third-order valence-electron chi connectivity index (χ3n) is 28.1. The first-order chi connectivity index (χ1) is 69.0. The number of fused-ring (bicyclic) bond motifs is 15. The Morgan fingerprint density at radius 2 is 0.685 bits per heavy atom. The molecule has 18 atom stereocenters. The zero-order valence-electron chi connectivity index (χ0n) is 86.1. The second-order valence-corrected chi connectivity index (χ2v) is 45.1. The number of aliphatic carboxylic acids is 1. The third-order valence-corrected chi connectivity index (χ3v) is 28.1. The number of hydrogen-bond donors (Lipinski definition) is 1. The molecule has 1 N–H and O–H groups in total. The quantitative estimate of drug-likeness (QED) is 0.0608. The van der Waals surface area contributed by atoms with E-state index < -0.39 is 261 Å². The van der Waals surface area contributed by atoms with Crippen LogP contribution in [-0.4, -0.2) is 208 Å². The standard InChI is InChI=1S/C36H46F5N3O7.C36H44F5N3O7.C32H38F5N3O7/c2*1-8-21-26-18-44(28(21)32(47)51-34(5,6)7)31(46)22(33(2,3)4)17-27(45)48-25-15-19(25)11-9-10-14-35(37,38)29-30(49-26)43-24-16-20(50-36(39,40)41)12-13-23(24)42-29;1-5-18-23-15-40(25(18)29(43)44)28(42)19(30(2,3)4)14-24(41)45-22-12-16(22)8-6-7-11-31(33,34)26-27(46-23)39-21-13-17(47-32(35,36)37)9-10-20(21)38-26/h12-13,16,19,21-22,25-26,28H,8-11,14-15,17-18H2,1-7H3;10,12-14,16,19,21-22,25-26,28H,8-9,11,15,17-18H2,1-7H3;9-10,13,16,18-19,22-23,25H,5-8,11-12,14-15H2,1-4H3,(H,43,44)/b;14-10+;/t2*19-,21-,22-,25-,26+,28+;16-,18-,19-,22-,23+,25+/m111/s1. The number of alkyl halides is 15. The van der Waals surface area contributed by atoms with E-state index in [-0.39, 0.29) is 140 Å². The smallest absolute Gasteiger partial charge is 0.480 e. The highest BCUT2D eigenvalue weighted by Gasteiger charge is 2.59. The van der Waals surface area contributed by atoms with Gasteiger partial charge in [-0.15, -0.1) is 39.5 Å². The van der Waals surface area contributed by atoms with E-state index in [1.165, 1.54) is 15.9 Å². The summed E-state index contributed by atoms with van der Waals surface area (Å²) in [6.45, 7) is 30.3. The van der Waals surface area contributed by atoms with Gasteiger partial charge in [0.15, 0.2) is 17.1 Å². The number of carbonyl (C=O) groups excluding carboxylic acids is 8. The fourth-order valence-electron chi connectivity index (χ4n) is 20.2. The summed E-state index contributed by atoms with van der Waals surface area (Å²) in [7, 11) is 0. The largest absolute Gasteiger partial charge is 0.573 e. The second-order valence-electron chi connectivity index (χ2n) is 45.1. The van der Waals surface area contributed by atoms with Gasteiger partial charge in [-0.2, -0.15) is 26.3 Å². The lowest BCUT2D eigenvalue weighted by Crippen LogP contribution is -2.50. The Labute approximate surface area is 851 Å². The average molecular weight is 2130 g/mol. The molecule has 0 unspecified atom stereocenters. The van der Waals surface area contributed by atoms with Gasteiger partial charge in [0.05, 0.1) is 89.8 Å². The van der Waals surface area contributed by atoms with Crippen LogP contribution in [0.2, 0.25) is 0 Å². The Morgan fingerprint density at radius 3 is 0.980 bits per heavy atom. The van der Waals surface area contributed by atoms with Gasteiger partial charge in [-0.1, -0.05) is 102 Å². The summed E-state index contributed by atoms with van der Waals surface area (Å²) in [5.41, 5.74) is -7.74. The molecule has 3 aromatic heterocycles. The van der Waals surface area contributed by atoms with Crippen molar-refractivity contribution in [3.63, 3.8) is 0 Å². The van der Waals surface area contributed by atoms with Crippen molar-refractivity contribution < 1.29 is 166 Å². The molecule has 6 fully saturated rings. The van der Waals surface area contributed by atoms with Crippen LogP contribution in [0, 0.1) is 69.5 Å². The molecule has 6 bridgehead atoms. The number of carbonyl (C=O) groups is 9. The summed E-state index contributed by atoms with van der Waals surface area (Å²) in [6.07, 6.45) is -14.5. The van der Waals surface area contributed by atoms with Crippen LogP contribution in [-0.2, 0) is 84.6 Å². The highest BCUT2D eigenvalue weighted by molar-refractivity contribution is 5.92. The number of nitrogens with zero attached hydrogens (tertiary/aromatic N) is 9. The number of carboxylic acid groups (broad SMARTS) is 1. The normalized spacial score (nSPS) is 28.2. The minimum atomic E-state index is -5.02. The van der Waals surface area contributed by atoms with Crippen LogP contribution in [0.5, 0.6) is 34.9 Å². The van der Waals surface area contributed by atoms with E-state index in [1.807, 2.05) is 0 Å². The number of hydrogen-bond acceptors (Lipinski definition) is 26. The molecule has 0 spiro atoms. The number of ether oxygens (including phenoxy) is 11. The summed E-state index contributed by atoms with van der Waals surface area (Å²) in [6, 6.07) is 4.97. The van der Waals surface area contributed by atoms with Gasteiger partial charge >= 0.3 is 60.8 Å². The maximum atomic E-state index is 16.1. The Morgan fingerprint density at radius 1 is 0.389 bits per heavy atom. The Bertz CT molecular complexity index is 5970. The molecule has 45 heteroatoms. The van der Waals surface area contributed by atoms with E-state index in [0.29, 0.717) is 57.4 Å². The van der Waals surface area contributed by atoms with Gasteiger partial charge in [-0.05, 0) is 195 Å². The number of allylic oxidation sites excluding steroid dienone is 2. The summed E-state index contributed by atoms with van der Waals surface area (Å²) in [5.74, 6) is -26.4. The lowest BCUT2D eigenvalue weighted by Gasteiger charge is -2.35. The molecule has 3 amide bonds. The van der Waals surface area contributed by atoms with Crippen molar-refractivity contribution in [2.45, 2.75) is 349 Å². The Hall–Kier alpha value is -11.6. The van der Waals surface area contributed by atoms with Crippen molar-refractivity contribution in [1.82, 2.24) is 44.6 Å². The van der Waals surface area contributed by atoms with Gasteiger partial charge in [-0.25, -0.2) is 44.3 Å². The number of rotatable bonds is 9. The highest BCUT2D eigenvalue weighted by atomic mass is 19.4. The van der Waals surface area contributed by atoms with E-state index in [0.717, 1.165) is 59.5 Å². The fourth-order valence-corrected chi connectivity index (χ4v) is 20.2. The minimum absolute atomic E-state index is 0.00348. The van der Waals surface area contributed by atoms with Crippen LogP contribution in [0.25, 0.3) is 33.1 Å². The summed E-state index contributed by atoms with van der Waals surface area (Å²) < 4.78 is 272. The van der Waals surface area contributed by atoms with Crippen LogP contribution in [0.3, 0.4) is 0 Å². The average Bonchev–Trinajstić information content (AvgIpc) is 1.68. The summed E-state index contributed by atoms with van der Waals surface area (Å²) >= 11 is 0. The van der Waals surface area contributed by atoms with Crippen molar-refractivity contribution in [2.75, 3.05) is 19.6 Å². The fraction of sp³-hybridized carbons (Fsp3) is 0.663. The van der Waals surface area contributed by atoms with Crippen LogP contribution in [0.1, 0.15) is 264 Å². The molecule has 6 aliphatic heterocycles. The van der Waals surface area contributed by atoms with Gasteiger partial charge in [0, 0.05) is 48.8 Å². The van der Waals surface area contributed by atoms with Gasteiger partial charge < -0.3 is 71.9 Å². The van der Waals surface area contributed by atoms with E-state index in [4.69, 9.17) is 37.9 Å². The first kappa shape index (κ1) is 115. The molecule has 30 nitrogen and oxygen atoms in total. The van der Waals surface area contributed by atoms with Crippen molar-refractivity contribution in [3.05, 3.63) is 83.8 Å². The predicted octanol–water partition coefficient (Wildman–Crippen LogP) is 21.0. The zero-order valence-corrected chi connectivity index (χ0v) is 86.1. The van der Waals surface area contributed by atoms with E-state index in [1.54, 1.807) is 125 Å². The molecule has 820 valence electrons. The summed E-state index contributed by atoms with van der Waals surface area (Å²) in [4.78, 5) is 151. The maximum Gasteiger partial charge on any atom is 0.573 e. The molecule has 3 saturated carbocycles. The van der Waals surface area contributed by atoms with E-state index >= 15 is 26.3 Å². The van der Waals surface area contributed by atoms with Gasteiger partial charge in [-0.3, -0.25) is 28.8 Å². The van der Waals surface area contributed by atoms with Crippen LogP contribution < -0.4 is 28.4 Å². The molecule has 0 radical (unpaired) electrons. The topological polar surface area (TPSA) is 362 Å². The monoisotopic (exact) mass is 2120 g/mol. The highest BCUT2D eigenvalue weighted by Crippen LogP contribution is 2.52. The predicted molar refractivity (Wildman–Crippen MR) is 503 cm³/mol. The first-order valence-electron chi connectivity index (χ1n) is 50.2. The molecule has 149 heavy (non-hydrogen) atoms. The number of halogens is 15. The van der Waals surface area contributed by atoms with E-state index in [2.05, 4.69) is 44.1 Å². The zero-order chi connectivity index (χ0) is 110. The van der Waals surface area contributed by atoms with Gasteiger partial charge in [0.1, 0.15) is 83.2 Å².